The molecule has 1 heterocycles. The van der Waals surface area contributed by atoms with Crippen molar-refractivity contribution in [1.82, 2.24) is 0 Å². The van der Waals surface area contributed by atoms with Gasteiger partial charge in [0.25, 0.3) is 0 Å². The number of anilines is 1. The number of carbonyl (C=O) groups excluding carboxylic acids is 1. The first-order chi connectivity index (χ1) is 11.0. The van der Waals surface area contributed by atoms with Crippen molar-refractivity contribution in [3.05, 3.63) is 59.4 Å². The number of halogens is 1. The van der Waals surface area contributed by atoms with Crippen LogP contribution in [0.3, 0.4) is 0 Å². The van der Waals surface area contributed by atoms with E-state index in [2.05, 4.69) is 5.32 Å². The van der Waals surface area contributed by atoms with E-state index >= 15 is 0 Å². The zero-order chi connectivity index (χ0) is 16.4. The molecule has 2 aromatic rings. The molecule has 1 aliphatic rings. The van der Waals surface area contributed by atoms with Crippen LogP contribution in [-0.4, -0.2) is 20.1 Å². The zero-order valence-electron chi connectivity index (χ0n) is 12.4. The Morgan fingerprint density at radius 1 is 1.17 bits per heavy atom. The largest absolute Gasteiger partial charge is 0.326 e. The van der Waals surface area contributed by atoms with E-state index in [-0.39, 0.29) is 18.1 Å². The van der Waals surface area contributed by atoms with Crippen LogP contribution < -0.4 is 5.32 Å². The Hall–Kier alpha value is -2.21. The maximum Gasteiger partial charge on any atom is 0.228 e. The lowest BCUT2D eigenvalue weighted by Gasteiger charge is -2.17. The molecule has 1 aliphatic heterocycles. The van der Waals surface area contributed by atoms with Crippen LogP contribution in [0.25, 0.3) is 0 Å². The van der Waals surface area contributed by atoms with Gasteiger partial charge in [-0.15, -0.1) is 0 Å². The fourth-order valence-electron chi connectivity index (χ4n) is 2.74. The van der Waals surface area contributed by atoms with Crippen LogP contribution in [0.1, 0.15) is 17.5 Å². The fourth-order valence-corrected chi connectivity index (χ4v) is 4.32. The summed E-state index contributed by atoms with van der Waals surface area (Å²) in [4.78, 5) is 12.4. The quantitative estimate of drug-likeness (QED) is 0.939. The third kappa shape index (κ3) is 3.42. The minimum atomic E-state index is -3.20. The van der Waals surface area contributed by atoms with E-state index in [4.69, 9.17) is 0 Å². The van der Waals surface area contributed by atoms with Gasteiger partial charge in [0.15, 0.2) is 9.84 Å². The van der Waals surface area contributed by atoms with Crippen molar-refractivity contribution >= 4 is 21.4 Å². The van der Waals surface area contributed by atoms with Gasteiger partial charge in [0.1, 0.15) is 5.82 Å². The summed E-state index contributed by atoms with van der Waals surface area (Å²) in [5.41, 5.74) is 1.58. The Balaban J connectivity index is 1.76. The predicted molar refractivity (Wildman–Crippen MR) is 85.5 cm³/mol. The van der Waals surface area contributed by atoms with Crippen molar-refractivity contribution in [2.45, 2.75) is 24.2 Å². The number of nitrogens with one attached hydrogen (secondary N) is 1. The van der Waals surface area contributed by atoms with Crippen molar-refractivity contribution in [3.8, 4) is 0 Å². The van der Waals surface area contributed by atoms with Crippen LogP contribution in [0.4, 0.5) is 10.1 Å². The van der Waals surface area contributed by atoms with E-state index in [0.717, 1.165) is 5.56 Å². The van der Waals surface area contributed by atoms with E-state index in [0.29, 0.717) is 29.0 Å². The van der Waals surface area contributed by atoms with Crippen LogP contribution in [-0.2, 0) is 27.5 Å². The molecule has 0 radical (unpaired) electrons. The molecule has 0 saturated carbocycles. The molecule has 0 atom stereocenters. The van der Waals surface area contributed by atoms with Gasteiger partial charge in [0.05, 0.1) is 17.1 Å². The summed E-state index contributed by atoms with van der Waals surface area (Å²) < 4.78 is 37.5. The molecule has 1 N–H and O–H groups in total. The number of hydrogen-bond donors (Lipinski definition) is 1. The summed E-state index contributed by atoms with van der Waals surface area (Å²) in [7, 11) is -3.20. The summed E-state index contributed by atoms with van der Waals surface area (Å²) in [6.45, 7) is 0. The molecule has 0 unspecified atom stereocenters. The topological polar surface area (TPSA) is 63.2 Å². The van der Waals surface area contributed by atoms with Crippen LogP contribution in [0.2, 0.25) is 0 Å². The number of sulfone groups is 1. The number of aryl methyl sites for hydroxylation is 1. The van der Waals surface area contributed by atoms with E-state index in [1.807, 2.05) is 0 Å². The molecular formula is C17H16FNO3S. The fraction of sp³-hybridized carbons (Fsp3) is 0.235. The van der Waals surface area contributed by atoms with Crippen LogP contribution in [0.5, 0.6) is 0 Å². The molecule has 3 rings (SSSR count). The standard InChI is InChI=1S/C17H16FNO3S/c18-15-6-2-1-4-12(15)11-17(20)19-14-7-8-16-13(10-14)5-3-9-23(16,21)22/h1-2,4,6-8,10H,3,5,9,11H2,(H,19,20). The minimum absolute atomic E-state index is 0.0674. The van der Waals surface area contributed by atoms with Gasteiger partial charge in [0, 0.05) is 5.69 Å². The lowest BCUT2D eigenvalue weighted by atomic mass is 10.1. The zero-order valence-corrected chi connectivity index (χ0v) is 13.2. The second kappa shape index (κ2) is 6.12. The monoisotopic (exact) mass is 333 g/mol. The molecule has 2 aromatic carbocycles. The number of amides is 1. The highest BCUT2D eigenvalue weighted by molar-refractivity contribution is 7.91. The first-order valence-corrected chi connectivity index (χ1v) is 9.00. The smallest absolute Gasteiger partial charge is 0.228 e. The van der Waals surface area contributed by atoms with E-state index in [1.165, 1.54) is 12.1 Å². The van der Waals surface area contributed by atoms with Crippen LogP contribution >= 0.6 is 0 Å². The molecule has 4 nitrogen and oxygen atoms in total. The SMILES string of the molecule is O=C(Cc1ccccc1F)Nc1ccc2c(c1)CCCS2(=O)=O. The summed E-state index contributed by atoms with van der Waals surface area (Å²) in [6.07, 6.45) is 1.19. The second-order valence-electron chi connectivity index (χ2n) is 5.56. The third-order valence-electron chi connectivity index (χ3n) is 3.85. The molecule has 0 spiro atoms. The molecular weight excluding hydrogens is 317 g/mol. The van der Waals surface area contributed by atoms with Gasteiger partial charge in [-0.3, -0.25) is 4.79 Å². The highest BCUT2D eigenvalue weighted by atomic mass is 32.2. The van der Waals surface area contributed by atoms with E-state index in [1.54, 1.807) is 30.3 Å². The normalized spacial score (nSPS) is 15.7. The maximum atomic E-state index is 13.6. The minimum Gasteiger partial charge on any atom is -0.326 e. The summed E-state index contributed by atoms with van der Waals surface area (Å²) >= 11 is 0. The molecule has 0 aromatic heterocycles. The average molecular weight is 333 g/mol. The molecule has 0 bridgehead atoms. The van der Waals surface area contributed by atoms with Crippen LogP contribution in [0.15, 0.2) is 47.4 Å². The number of rotatable bonds is 3. The highest BCUT2D eigenvalue weighted by Gasteiger charge is 2.23. The lowest BCUT2D eigenvalue weighted by molar-refractivity contribution is -0.115. The van der Waals surface area contributed by atoms with Gasteiger partial charge in [0.2, 0.25) is 5.91 Å². The number of fused-ring (bicyclic) bond motifs is 1. The van der Waals surface area contributed by atoms with E-state index in [9.17, 15) is 17.6 Å². The Kier molecular flexibility index (Phi) is 4.17. The Labute approximate surface area is 134 Å². The van der Waals surface area contributed by atoms with Gasteiger partial charge < -0.3 is 5.32 Å². The maximum absolute atomic E-state index is 13.6. The Bertz CT molecular complexity index is 862. The number of hydrogen-bond acceptors (Lipinski definition) is 3. The van der Waals surface area contributed by atoms with Crippen molar-refractivity contribution in [2.75, 3.05) is 11.1 Å². The number of carbonyl (C=O) groups is 1. The van der Waals surface area contributed by atoms with Gasteiger partial charge in [-0.25, -0.2) is 12.8 Å². The lowest BCUT2D eigenvalue weighted by Crippen LogP contribution is -2.18. The van der Waals surface area contributed by atoms with Crippen molar-refractivity contribution in [2.24, 2.45) is 0 Å². The predicted octanol–water partition coefficient (Wildman–Crippen LogP) is 2.73. The van der Waals surface area contributed by atoms with Gasteiger partial charge >= 0.3 is 0 Å². The average Bonchev–Trinajstić information content (AvgIpc) is 2.49. The number of benzene rings is 2. The van der Waals surface area contributed by atoms with Gasteiger partial charge in [-0.2, -0.15) is 0 Å². The van der Waals surface area contributed by atoms with Crippen molar-refractivity contribution < 1.29 is 17.6 Å². The van der Waals surface area contributed by atoms with Gasteiger partial charge in [-0.1, -0.05) is 18.2 Å². The summed E-state index contributed by atoms with van der Waals surface area (Å²) in [5.74, 6) is -0.591. The summed E-state index contributed by atoms with van der Waals surface area (Å²) in [5, 5.41) is 2.69. The Morgan fingerprint density at radius 3 is 2.74 bits per heavy atom. The molecule has 0 fully saturated rings. The van der Waals surface area contributed by atoms with Gasteiger partial charge in [-0.05, 0) is 48.2 Å². The van der Waals surface area contributed by atoms with Crippen molar-refractivity contribution in [3.63, 3.8) is 0 Å². The molecule has 23 heavy (non-hydrogen) atoms. The highest BCUT2D eigenvalue weighted by Crippen LogP contribution is 2.27. The molecule has 120 valence electrons. The van der Waals surface area contributed by atoms with Crippen molar-refractivity contribution in [1.29, 1.82) is 0 Å². The second-order valence-corrected chi connectivity index (χ2v) is 7.64. The molecule has 1 amide bonds. The Morgan fingerprint density at radius 2 is 1.96 bits per heavy atom. The molecule has 0 aliphatic carbocycles. The molecule has 6 heteroatoms. The summed E-state index contributed by atoms with van der Waals surface area (Å²) in [6, 6.07) is 10.9. The van der Waals surface area contributed by atoms with E-state index < -0.39 is 15.7 Å². The first kappa shape index (κ1) is 15.7. The molecule has 0 saturated heterocycles. The first-order valence-electron chi connectivity index (χ1n) is 7.35. The third-order valence-corrected chi connectivity index (χ3v) is 5.74. The van der Waals surface area contributed by atoms with Crippen LogP contribution in [0, 0.1) is 5.82 Å².